The summed E-state index contributed by atoms with van der Waals surface area (Å²) in [7, 11) is 0. The first-order valence-corrected chi connectivity index (χ1v) is 44.2. The molecule has 0 saturated carbocycles. The molecule has 9 N–H and O–H groups in total. The summed E-state index contributed by atoms with van der Waals surface area (Å²) < 4.78 is 23.0. The average molecular weight is 1450 g/mol. The number of allylic oxidation sites excluding steroid dienone is 5. The quantitative estimate of drug-likeness (QED) is 0.0204. The maximum atomic E-state index is 13.4. The second-order valence-electron chi connectivity index (χ2n) is 31.4. The van der Waals surface area contributed by atoms with Gasteiger partial charge in [-0.3, -0.25) is 4.79 Å². The molecule has 102 heavy (non-hydrogen) atoms. The van der Waals surface area contributed by atoms with E-state index in [0.29, 0.717) is 6.42 Å². The van der Waals surface area contributed by atoms with E-state index < -0.39 is 86.8 Å². The molecule has 0 bridgehead atoms. The second kappa shape index (κ2) is 72.1. The van der Waals surface area contributed by atoms with E-state index >= 15 is 0 Å². The van der Waals surface area contributed by atoms with Crippen LogP contribution in [0, 0.1) is 0 Å². The van der Waals surface area contributed by atoms with Gasteiger partial charge in [0.15, 0.2) is 12.6 Å². The van der Waals surface area contributed by atoms with Gasteiger partial charge >= 0.3 is 0 Å². The van der Waals surface area contributed by atoms with Crippen LogP contribution in [0.15, 0.2) is 36.5 Å². The molecule has 0 radical (unpaired) electrons. The number of carbonyl (C=O) groups is 1. The number of amides is 1. The van der Waals surface area contributed by atoms with E-state index in [0.717, 1.165) is 44.9 Å². The van der Waals surface area contributed by atoms with Crippen LogP contribution in [-0.2, 0) is 23.7 Å². The van der Waals surface area contributed by atoms with Gasteiger partial charge in [-0.25, -0.2) is 0 Å². The average Bonchev–Trinajstić information content (AvgIpc) is 0.790. The summed E-state index contributed by atoms with van der Waals surface area (Å²) in [6.07, 6.45) is 79.7. The summed E-state index contributed by atoms with van der Waals surface area (Å²) in [4.78, 5) is 13.4. The SMILES string of the molecule is CCCCCCC/C=C\C/C=C\CCCCCCCCCCCCCCCCCCCCCCCCCCCC(=O)NC(COC1OC(CO)C(OC2OC(CO)C(O)C(O)C2O)C(O)C1O)C(O)/C=C/CCCCCCCCCCCCCCCCCCCCCCCCCCCCCCC. The standard InChI is InChI=1S/C88H167NO13/c1-3-5-7-9-11-13-15-17-19-21-23-25-27-29-31-33-35-36-37-38-39-40-42-44-46-48-50-52-54-56-58-60-62-64-66-68-70-72-80(93)89-76(75-99-87-85(98)83(96)86(79(74-91)101-87)102-88-84(97)82(95)81(94)78(73-90)100-88)77(92)71-69-67-65-63-61-59-57-55-53-51-49-47-45-43-41-34-32-30-28-26-24-22-20-18-16-14-12-10-8-6-4-2/h15,17,21,23,69,71,76-79,81-88,90-92,94-98H,3-14,16,18-20,22,24-68,70,72-75H2,1-2H3,(H,89,93)/b17-15-,23-21-,71-69+. The van der Waals surface area contributed by atoms with Gasteiger partial charge in [0.25, 0.3) is 0 Å². The van der Waals surface area contributed by atoms with Crippen LogP contribution in [0.4, 0.5) is 0 Å². The molecule has 602 valence electrons. The molecule has 2 aliphatic rings. The molecule has 14 nitrogen and oxygen atoms in total. The Kier molecular flexibility index (Phi) is 68.1. The molecule has 14 heteroatoms. The summed E-state index contributed by atoms with van der Waals surface area (Å²) in [5, 5.41) is 87.8. The van der Waals surface area contributed by atoms with Gasteiger partial charge in [-0.2, -0.15) is 0 Å². The van der Waals surface area contributed by atoms with E-state index in [-0.39, 0.29) is 18.9 Å². The van der Waals surface area contributed by atoms with Crippen molar-refractivity contribution in [2.75, 3.05) is 19.8 Å². The van der Waals surface area contributed by atoms with Crippen molar-refractivity contribution in [2.45, 2.75) is 498 Å². The van der Waals surface area contributed by atoms with Gasteiger partial charge in [0, 0.05) is 6.42 Å². The van der Waals surface area contributed by atoms with E-state index in [1.807, 2.05) is 6.08 Å². The summed E-state index contributed by atoms with van der Waals surface area (Å²) in [5.74, 6) is -0.229. The first-order valence-electron chi connectivity index (χ1n) is 44.2. The molecule has 2 rings (SSSR count). The fraction of sp³-hybridized carbons (Fsp3) is 0.920. The highest BCUT2D eigenvalue weighted by molar-refractivity contribution is 5.76. The fourth-order valence-corrected chi connectivity index (χ4v) is 14.9. The first-order chi connectivity index (χ1) is 50.1. The minimum absolute atomic E-state index is 0.229. The molecule has 0 aliphatic carbocycles. The van der Waals surface area contributed by atoms with Crippen LogP contribution >= 0.6 is 0 Å². The Morgan fingerprint density at radius 1 is 0.353 bits per heavy atom. The Hall–Kier alpha value is -1.79. The van der Waals surface area contributed by atoms with Crippen molar-refractivity contribution in [3.63, 3.8) is 0 Å². The van der Waals surface area contributed by atoms with Crippen molar-refractivity contribution >= 4 is 5.91 Å². The van der Waals surface area contributed by atoms with E-state index in [9.17, 15) is 45.6 Å². The summed E-state index contributed by atoms with van der Waals surface area (Å²) in [6.45, 7) is 2.87. The van der Waals surface area contributed by atoms with Gasteiger partial charge in [-0.05, 0) is 51.4 Å². The molecule has 2 aliphatic heterocycles. The lowest BCUT2D eigenvalue weighted by Crippen LogP contribution is -2.65. The molecule has 0 aromatic rings. The number of rotatable bonds is 76. The third kappa shape index (κ3) is 53.9. The molecule has 12 atom stereocenters. The Bertz CT molecular complexity index is 1850. The summed E-state index contributed by atoms with van der Waals surface area (Å²) in [5.41, 5.74) is 0. The number of aliphatic hydroxyl groups is 8. The highest BCUT2D eigenvalue weighted by Gasteiger charge is 2.51. The molecule has 0 spiro atoms. The van der Waals surface area contributed by atoms with Crippen molar-refractivity contribution in [1.82, 2.24) is 5.32 Å². The zero-order valence-electron chi connectivity index (χ0n) is 66.4. The maximum Gasteiger partial charge on any atom is 0.220 e. The van der Waals surface area contributed by atoms with E-state index in [2.05, 4.69) is 43.5 Å². The predicted molar refractivity (Wildman–Crippen MR) is 425 cm³/mol. The lowest BCUT2D eigenvalue weighted by atomic mass is 9.97. The first kappa shape index (κ1) is 96.3. The van der Waals surface area contributed by atoms with Crippen LogP contribution in [0.5, 0.6) is 0 Å². The van der Waals surface area contributed by atoms with E-state index in [1.54, 1.807) is 6.08 Å². The number of unbranched alkanes of at least 4 members (excludes halogenated alkanes) is 59. The topological polar surface area (TPSA) is 228 Å². The van der Waals surface area contributed by atoms with Crippen molar-refractivity contribution in [3.05, 3.63) is 36.5 Å². The molecular formula is C88H167NO13. The van der Waals surface area contributed by atoms with Crippen LogP contribution in [-0.4, -0.2) is 140 Å². The number of hydrogen-bond acceptors (Lipinski definition) is 13. The van der Waals surface area contributed by atoms with Crippen molar-refractivity contribution in [1.29, 1.82) is 0 Å². The largest absolute Gasteiger partial charge is 0.394 e. The summed E-state index contributed by atoms with van der Waals surface area (Å²) >= 11 is 0. The molecule has 2 saturated heterocycles. The van der Waals surface area contributed by atoms with Crippen molar-refractivity contribution < 1.29 is 64.6 Å². The normalized spacial score (nSPS) is 21.7. The Morgan fingerprint density at radius 2 is 0.647 bits per heavy atom. The van der Waals surface area contributed by atoms with E-state index in [4.69, 9.17) is 18.9 Å². The third-order valence-electron chi connectivity index (χ3n) is 21.8. The van der Waals surface area contributed by atoms with Gasteiger partial charge in [0.1, 0.15) is 48.8 Å². The van der Waals surface area contributed by atoms with Gasteiger partial charge in [0.05, 0.1) is 32.0 Å². The molecule has 0 aromatic heterocycles. The Balaban J connectivity index is 1.57. The minimum Gasteiger partial charge on any atom is -0.394 e. The van der Waals surface area contributed by atoms with Gasteiger partial charge in [0.2, 0.25) is 5.91 Å². The Labute approximate surface area is 627 Å². The molecule has 2 heterocycles. The molecule has 2 fully saturated rings. The van der Waals surface area contributed by atoms with Gasteiger partial charge < -0.3 is 65.1 Å². The highest BCUT2D eigenvalue weighted by Crippen LogP contribution is 2.31. The number of hydrogen-bond donors (Lipinski definition) is 9. The zero-order chi connectivity index (χ0) is 73.7. The minimum atomic E-state index is -1.79. The lowest BCUT2D eigenvalue weighted by molar-refractivity contribution is -0.359. The van der Waals surface area contributed by atoms with Gasteiger partial charge in [-0.15, -0.1) is 0 Å². The van der Waals surface area contributed by atoms with Crippen LogP contribution in [0.25, 0.3) is 0 Å². The zero-order valence-corrected chi connectivity index (χ0v) is 66.4. The van der Waals surface area contributed by atoms with Crippen LogP contribution in [0.2, 0.25) is 0 Å². The second-order valence-corrected chi connectivity index (χ2v) is 31.4. The number of ether oxygens (including phenoxy) is 4. The van der Waals surface area contributed by atoms with Gasteiger partial charge in [-0.1, -0.05) is 403 Å². The molecule has 0 aromatic carbocycles. The van der Waals surface area contributed by atoms with Crippen molar-refractivity contribution in [3.8, 4) is 0 Å². The Morgan fingerprint density at radius 3 is 0.980 bits per heavy atom. The van der Waals surface area contributed by atoms with E-state index in [1.165, 1.54) is 353 Å². The van der Waals surface area contributed by atoms with Crippen LogP contribution < -0.4 is 5.32 Å². The number of nitrogens with one attached hydrogen (secondary N) is 1. The summed E-state index contributed by atoms with van der Waals surface area (Å²) in [6, 6.07) is -0.915. The molecule has 1 amide bonds. The number of aliphatic hydroxyl groups excluding tert-OH is 8. The molecule has 12 unspecified atom stereocenters. The van der Waals surface area contributed by atoms with Crippen molar-refractivity contribution in [2.24, 2.45) is 0 Å². The smallest absolute Gasteiger partial charge is 0.220 e. The monoisotopic (exact) mass is 1450 g/mol. The lowest BCUT2D eigenvalue weighted by Gasteiger charge is -2.46. The number of carbonyl (C=O) groups excluding carboxylic acids is 1. The third-order valence-corrected chi connectivity index (χ3v) is 21.8. The highest BCUT2D eigenvalue weighted by atomic mass is 16.7. The fourth-order valence-electron chi connectivity index (χ4n) is 14.9. The predicted octanol–water partition coefficient (Wildman–Crippen LogP) is 21.1. The van der Waals surface area contributed by atoms with Crippen LogP contribution in [0.1, 0.15) is 425 Å². The maximum absolute atomic E-state index is 13.4. The van der Waals surface area contributed by atoms with Crippen LogP contribution in [0.3, 0.4) is 0 Å². The molecular weight excluding hydrogens is 1280 g/mol.